The van der Waals surface area contributed by atoms with Crippen LogP contribution in [0.15, 0.2) is 47.4 Å². The van der Waals surface area contributed by atoms with Crippen LogP contribution < -0.4 is 14.2 Å². The molecule has 1 N–H and O–H groups in total. The van der Waals surface area contributed by atoms with Crippen molar-refractivity contribution in [3.05, 3.63) is 53.6 Å². The average Bonchev–Trinajstić information content (AvgIpc) is 3.22. The summed E-state index contributed by atoms with van der Waals surface area (Å²) in [6.07, 6.45) is 1.78. The van der Waals surface area contributed by atoms with Gasteiger partial charge in [0.2, 0.25) is 10.0 Å². The second-order valence-corrected chi connectivity index (χ2v) is 9.57. The van der Waals surface area contributed by atoms with E-state index in [9.17, 15) is 13.2 Å². The van der Waals surface area contributed by atoms with E-state index in [-0.39, 0.29) is 22.9 Å². The van der Waals surface area contributed by atoms with Crippen LogP contribution in [0.5, 0.6) is 11.5 Å². The van der Waals surface area contributed by atoms with Crippen LogP contribution in [0.4, 0.5) is 0 Å². The van der Waals surface area contributed by atoms with Crippen molar-refractivity contribution in [1.29, 1.82) is 0 Å². The number of nitrogens with zero attached hydrogens (tertiary/aromatic N) is 1. The molecular weight excluding hydrogens is 404 g/mol. The molecule has 0 bridgehead atoms. The maximum Gasteiger partial charge on any atom is 0.254 e. The van der Waals surface area contributed by atoms with Crippen LogP contribution >= 0.6 is 0 Å². The summed E-state index contributed by atoms with van der Waals surface area (Å²) in [5, 5.41) is 0. The molecule has 2 aliphatic rings. The van der Waals surface area contributed by atoms with Crippen LogP contribution in [0.25, 0.3) is 0 Å². The van der Waals surface area contributed by atoms with Crippen molar-refractivity contribution in [3.8, 4) is 11.5 Å². The summed E-state index contributed by atoms with van der Waals surface area (Å²) in [6.45, 7) is 5.25. The minimum absolute atomic E-state index is 0.0423. The molecule has 8 heteroatoms. The van der Waals surface area contributed by atoms with Crippen molar-refractivity contribution in [3.63, 3.8) is 0 Å². The van der Waals surface area contributed by atoms with Gasteiger partial charge in [0.25, 0.3) is 5.91 Å². The number of amides is 1. The Hall–Kier alpha value is -2.58. The maximum atomic E-state index is 13.2. The lowest BCUT2D eigenvalue weighted by Gasteiger charge is -2.27. The third-order valence-corrected chi connectivity index (χ3v) is 6.94. The van der Waals surface area contributed by atoms with E-state index in [1.807, 2.05) is 23.1 Å². The fourth-order valence-corrected chi connectivity index (χ4v) is 5.20. The quantitative estimate of drug-likeness (QED) is 0.788. The van der Waals surface area contributed by atoms with Crippen LogP contribution in [-0.2, 0) is 10.0 Å². The van der Waals surface area contributed by atoms with Crippen molar-refractivity contribution in [1.82, 2.24) is 9.62 Å². The van der Waals surface area contributed by atoms with Crippen LogP contribution in [0.2, 0.25) is 0 Å². The molecule has 1 fully saturated rings. The fourth-order valence-electron chi connectivity index (χ4n) is 3.94. The Kier molecular flexibility index (Phi) is 5.71. The monoisotopic (exact) mass is 430 g/mol. The van der Waals surface area contributed by atoms with Crippen molar-refractivity contribution >= 4 is 15.9 Å². The van der Waals surface area contributed by atoms with E-state index in [0.29, 0.717) is 31.1 Å². The van der Waals surface area contributed by atoms with Gasteiger partial charge >= 0.3 is 0 Å². The van der Waals surface area contributed by atoms with Gasteiger partial charge in [-0.15, -0.1) is 0 Å². The molecule has 1 amide bonds. The Balaban J connectivity index is 1.54. The number of sulfonamides is 1. The standard InChI is InChI=1S/C22H26N2O5S/c1-15(2)23-30(26,27)18-8-5-16(6-9-18)22(25)24-11-3-4-19(24)17-7-10-20-21(14-17)29-13-12-28-20/h5-10,14-15,19,23H,3-4,11-13H2,1-2H3. The number of carbonyl (C=O) groups is 1. The summed E-state index contributed by atoms with van der Waals surface area (Å²) in [5.41, 5.74) is 1.49. The molecule has 2 aromatic rings. The first-order chi connectivity index (χ1) is 14.3. The minimum Gasteiger partial charge on any atom is -0.486 e. The van der Waals surface area contributed by atoms with E-state index in [4.69, 9.17) is 9.47 Å². The predicted octanol–water partition coefficient (Wildman–Crippen LogP) is 3.12. The molecule has 0 aliphatic carbocycles. The number of hydrogen-bond acceptors (Lipinski definition) is 5. The lowest BCUT2D eigenvalue weighted by Crippen LogP contribution is -2.31. The highest BCUT2D eigenvalue weighted by atomic mass is 32.2. The number of carbonyl (C=O) groups excluding carboxylic acids is 1. The summed E-state index contributed by atoms with van der Waals surface area (Å²) in [5.74, 6) is 1.34. The number of fused-ring (bicyclic) bond motifs is 1. The van der Waals surface area contributed by atoms with Gasteiger partial charge in [0, 0.05) is 18.2 Å². The Labute approximate surface area is 177 Å². The molecule has 1 unspecified atom stereocenters. The van der Waals surface area contributed by atoms with Gasteiger partial charge in [0.15, 0.2) is 11.5 Å². The normalized spacial score (nSPS) is 18.6. The summed E-state index contributed by atoms with van der Waals surface area (Å²) in [4.78, 5) is 15.2. The Morgan fingerprint density at radius 3 is 2.47 bits per heavy atom. The van der Waals surface area contributed by atoms with Gasteiger partial charge in [-0.05, 0) is 68.7 Å². The number of nitrogens with one attached hydrogen (secondary N) is 1. The summed E-state index contributed by atoms with van der Waals surface area (Å²) in [6, 6.07) is 11.7. The minimum atomic E-state index is -3.58. The maximum absolute atomic E-state index is 13.2. The summed E-state index contributed by atoms with van der Waals surface area (Å²) in [7, 11) is -3.58. The highest BCUT2D eigenvalue weighted by molar-refractivity contribution is 7.89. The number of hydrogen-bond donors (Lipinski definition) is 1. The first-order valence-electron chi connectivity index (χ1n) is 10.2. The van der Waals surface area contributed by atoms with E-state index in [1.165, 1.54) is 12.1 Å². The van der Waals surface area contributed by atoms with Crippen molar-refractivity contribution in [2.24, 2.45) is 0 Å². The fraction of sp³-hybridized carbons (Fsp3) is 0.409. The van der Waals surface area contributed by atoms with E-state index in [2.05, 4.69) is 4.72 Å². The molecule has 2 aliphatic heterocycles. The number of ether oxygens (including phenoxy) is 2. The molecule has 1 saturated heterocycles. The highest BCUT2D eigenvalue weighted by Crippen LogP contribution is 2.38. The van der Waals surface area contributed by atoms with Crippen LogP contribution in [0, 0.1) is 0 Å². The van der Waals surface area contributed by atoms with Crippen molar-refractivity contribution < 1.29 is 22.7 Å². The SMILES string of the molecule is CC(C)NS(=O)(=O)c1ccc(C(=O)N2CCCC2c2ccc3c(c2)OCCO3)cc1. The third-order valence-electron chi connectivity index (χ3n) is 5.27. The molecule has 4 rings (SSSR count). The summed E-state index contributed by atoms with van der Waals surface area (Å²) >= 11 is 0. The lowest BCUT2D eigenvalue weighted by molar-refractivity contribution is 0.0735. The Bertz CT molecular complexity index is 1030. The summed E-state index contributed by atoms with van der Waals surface area (Å²) < 4.78 is 38.4. The topological polar surface area (TPSA) is 84.9 Å². The molecule has 160 valence electrons. The van der Waals surface area contributed by atoms with Gasteiger partial charge in [0.05, 0.1) is 10.9 Å². The van der Waals surface area contributed by atoms with Crippen LogP contribution in [0.3, 0.4) is 0 Å². The zero-order valence-electron chi connectivity index (χ0n) is 17.1. The Morgan fingerprint density at radius 2 is 1.77 bits per heavy atom. The van der Waals surface area contributed by atoms with Gasteiger partial charge in [-0.3, -0.25) is 4.79 Å². The molecule has 2 aromatic carbocycles. The first-order valence-corrected chi connectivity index (χ1v) is 11.7. The molecular formula is C22H26N2O5S. The largest absolute Gasteiger partial charge is 0.486 e. The number of rotatable bonds is 5. The average molecular weight is 431 g/mol. The lowest BCUT2D eigenvalue weighted by atomic mass is 10.0. The van der Waals surface area contributed by atoms with Gasteiger partial charge in [0.1, 0.15) is 13.2 Å². The molecule has 7 nitrogen and oxygen atoms in total. The van der Waals surface area contributed by atoms with Gasteiger partial charge in [-0.25, -0.2) is 13.1 Å². The third kappa shape index (κ3) is 4.15. The van der Waals surface area contributed by atoms with E-state index >= 15 is 0 Å². The van der Waals surface area contributed by atoms with Crippen LogP contribution in [0.1, 0.15) is 48.7 Å². The second kappa shape index (κ2) is 8.28. The van der Waals surface area contributed by atoms with Crippen LogP contribution in [-0.4, -0.2) is 45.0 Å². The highest BCUT2D eigenvalue weighted by Gasteiger charge is 2.31. The molecule has 30 heavy (non-hydrogen) atoms. The van der Waals surface area contributed by atoms with E-state index in [0.717, 1.165) is 24.2 Å². The molecule has 0 saturated carbocycles. The smallest absolute Gasteiger partial charge is 0.254 e. The zero-order chi connectivity index (χ0) is 21.3. The second-order valence-electron chi connectivity index (χ2n) is 7.86. The predicted molar refractivity (Wildman–Crippen MR) is 112 cm³/mol. The zero-order valence-corrected chi connectivity index (χ0v) is 17.9. The van der Waals surface area contributed by atoms with E-state index < -0.39 is 10.0 Å². The molecule has 2 heterocycles. The van der Waals surface area contributed by atoms with Gasteiger partial charge < -0.3 is 14.4 Å². The van der Waals surface area contributed by atoms with Crippen molar-refractivity contribution in [2.75, 3.05) is 19.8 Å². The molecule has 0 aromatic heterocycles. The Morgan fingerprint density at radius 1 is 1.07 bits per heavy atom. The number of likely N-dealkylation sites (tertiary alicyclic amines) is 1. The molecule has 0 spiro atoms. The molecule has 0 radical (unpaired) electrons. The molecule has 1 atom stereocenters. The van der Waals surface area contributed by atoms with E-state index in [1.54, 1.807) is 26.0 Å². The van der Waals surface area contributed by atoms with Crippen molar-refractivity contribution in [2.45, 2.75) is 43.7 Å². The number of benzene rings is 2. The van der Waals surface area contributed by atoms with Gasteiger partial charge in [-0.2, -0.15) is 0 Å². The first kappa shape index (κ1) is 20.7. The van der Waals surface area contributed by atoms with Gasteiger partial charge in [-0.1, -0.05) is 6.07 Å².